The van der Waals surface area contributed by atoms with Crippen molar-refractivity contribution in [1.29, 1.82) is 9.56 Å². The summed E-state index contributed by atoms with van der Waals surface area (Å²) in [5, 5.41) is 0. The summed E-state index contributed by atoms with van der Waals surface area (Å²) in [5.41, 5.74) is 0. The number of nitrogens with one attached hydrogen (secondary N) is 2. The minimum atomic E-state index is -1.55. The SMILES string of the molecule is N=S1(=N)CCCC1. The fourth-order valence-electron chi connectivity index (χ4n) is 0.799. The van der Waals surface area contributed by atoms with Gasteiger partial charge in [-0.2, -0.15) is 0 Å². The monoisotopic (exact) mass is 118 g/mol. The highest BCUT2D eigenvalue weighted by Gasteiger charge is 2.08. The Morgan fingerprint density at radius 3 is 1.57 bits per heavy atom. The topological polar surface area (TPSA) is 47.7 Å². The van der Waals surface area contributed by atoms with Crippen LogP contribution in [0.5, 0.6) is 0 Å². The molecule has 1 aliphatic heterocycles. The Morgan fingerprint density at radius 2 is 1.43 bits per heavy atom. The van der Waals surface area contributed by atoms with Crippen LogP contribution in [0.2, 0.25) is 0 Å². The highest BCUT2D eigenvalue weighted by Crippen LogP contribution is 2.10. The van der Waals surface area contributed by atoms with E-state index in [2.05, 4.69) is 0 Å². The number of rotatable bonds is 0. The molecule has 0 bridgehead atoms. The van der Waals surface area contributed by atoms with E-state index in [9.17, 15) is 0 Å². The standard InChI is InChI=1S/C4H10N2S/c5-7(6)3-1-2-4-7/h5-6H,1-4H2. The van der Waals surface area contributed by atoms with E-state index in [1.165, 1.54) is 0 Å². The molecule has 2 nitrogen and oxygen atoms in total. The second kappa shape index (κ2) is 1.47. The molecule has 0 unspecified atom stereocenters. The van der Waals surface area contributed by atoms with E-state index in [1.54, 1.807) is 0 Å². The first-order chi connectivity index (χ1) is 3.21. The van der Waals surface area contributed by atoms with Crippen LogP contribution in [-0.4, -0.2) is 11.5 Å². The van der Waals surface area contributed by atoms with E-state index in [-0.39, 0.29) is 0 Å². The van der Waals surface area contributed by atoms with Crippen molar-refractivity contribution >= 4 is 9.62 Å². The first-order valence-corrected chi connectivity index (χ1v) is 4.46. The van der Waals surface area contributed by atoms with E-state index in [0.717, 1.165) is 24.3 Å². The van der Waals surface area contributed by atoms with Crippen molar-refractivity contribution in [2.24, 2.45) is 0 Å². The van der Waals surface area contributed by atoms with Gasteiger partial charge < -0.3 is 0 Å². The highest BCUT2D eigenvalue weighted by molar-refractivity contribution is 7.93. The lowest BCUT2D eigenvalue weighted by Gasteiger charge is -1.92. The summed E-state index contributed by atoms with van der Waals surface area (Å²) in [4.78, 5) is 0. The Bertz CT molecular complexity index is 133. The lowest BCUT2D eigenvalue weighted by atomic mass is 10.4. The van der Waals surface area contributed by atoms with Crippen LogP contribution in [0.1, 0.15) is 12.8 Å². The van der Waals surface area contributed by atoms with E-state index in [4.69, 9.17) is 9.56 Å². The molecule has 3 heteroatoms. The molecule has 0 aromatic heterocycles. The molecule has 1 aliphatic rings. The Balaban J connectivity index is 2.76. The van der Waals surface area contributed by atoms with Crippen LogP contribution in [0, 0.1) is 9.56 Å². The van der Waals surface area contributed by atoms with Crippen LogP contribution in [0.25, 0.3) is 0 Å². The van der Waals surface area contributed by atoms with Gasteiger partial charge in [-0.3, -0.25) is 9.56 Å². The number of hydrogen-bond acceptors (Lipinski definition) is 2. The van der Waals surface area contributed by atoms with E-state index in [0.29, 0.717) is 0 Å². The number of hydrogen-bond donors (Lipinski definition) is 2. The molecule has 0 saturated carbocycles. The fourth-order valence-corrected chi connectivity index (χ4v) is 2.40. The molecule has 0 aromatic rings. The van der Waals surface area contributed by atoms with Crippen molar-refractivity contribution in [3.8, 4) is 0 Å². The van der Waals surface area contributed by atoms with Gasteiger partial charge in [0, 0.05) is 11.5 Å². The zero-order valence-electron chi connectivity index (χ0n) is 4.24. The first kappa shape index (κ1) is 5.09. The van der Waals surface area contributed by atoms with Gasteiger partial charge in [0.25, 0.3) is 0 Å². The maximum Gasteiger partial charge on any atom is 0.0130 e. The zero-order chi connectivity index (χ0) is 5.33. The summed E-state index contributed by atoms with van der Waals surface area (Å²) >= 11 is 0. The molecule has 7 heavy (non-hydrogen) atoms. The molecule has 42 valence electrons. The molecule has 1 heterocycles. The zero-order valence-corrected chi connectivity index (χ0v) is 5.05. The van der Waals surface area contributed by atoms with E-state index < -0.39 is 9.62 Å². The lowest BCUT2D eigenvalue weighted by molar-refractivity contribution is 0.949. The largest absolute Gasteiger partial charge is 0.270 e. The van der Waals surface area contributed by atoms with Gasteiger partial charge in [0.2, 0.25) is 0 Å². The van der Waals surface area contributed by atoms with E-state index in [1.807, 2.05) is 0 Å². The maximum absolute atomic E-state index is 7.24. The summed E-state index contributed by atoms with van der Waals surface area (Å²) in [7, 11) is -1.55. The fraction of sp³-hybridized carbons (Fsp3) is 1.00. The van der Waals surface area contributed by atoms with Gasteiger partial charge in [0.15, 0.2) is 0 Å². The van der Waals surface area contributed by atoms with Crippen molar-refractivity contribution in [2.45, 2.75) is 12.8 Å². The van der Waals surface area contributed by atoms with Crippen LogP contribution in [-0.2, 0) is 9.62 Å². The molecule has 0 aromatic carbocycles. The van der Waals surface area contributed by atoms with Gasteiger partial charge >= 0.3 is 0 Å². The molecule has 0 radical (unpaired) electrons. The second-order valence-corrected chi connectivity index (χ2v) is 4.58. The van der Waals surface area contributed by atoms with Crippen LogP contribution < -0.4 is 0 Å². The summed E-state index contributed by atoms with van der Waals surface area (Å²) in [5.74, 6) is 1.74. The highest BCUT2D eigenvalue weighted by atomic mass is 32.2. The molecule has 1 fully saturated rings. The maximum atomic E-state index is 7.24. The Hall–Kier alpha value is -0.0500. The van der Waals surface area contributed by atoms with Crippen molar-refractivity contribution in [3.05, 3.63) is 0 Å². The van der Waals surface area contributed by atoms with Crippen molar-refractivity contribution < 1.29 is 0 Å². The minimum absolute atomic E-state index is 0.868. The van der Waals surface area contributed by atoms with Crippen LogP contribution in [0.4, 0.5) is 0 Å². The average Bonchev–Trinajstić information content (AvgIpc) is 1.84. The molecular weight excluding hydrogens is 108 g/mol. The third-order valence-electron chi connectivity index (χ3n) is 1.24. The molecule has 0 atom stereocenters. The third-order valence-corrected chi connectivity index (χ3v) is 3.21. The van der Waals surface area contributed by atoms with Crippen molar-refractivity contribution in [1.82, 2.24) is 0 Å². The summed E-state index contributed by atoms with van der Waals surface area (Å²) in [6.07, 6.45) is 2.25. The molecule has 0 aliphatic carbocycles. The summed E-state index contributed by atoms with van der Waals surface area (Å²) < 4.78 is 14.5. The quantitative estimate of drug-likeness (QED) is 0.484. The van der Waals surface area contributed by atoms with E-state index >= 15 is 0 Å². The van der Waals surface area contributed by atoms with Gasteiger partial charge in [-0.15, -0.1) is 0 Å². The third kappa shape index (κ3) is 1.16. The Kier molecular flexibility index (Phi) is 1.07. The summed E-state index contributed by atoms with van der Waals surface area (Å²) in [6.45, 7) is 0. The van der Waals surface area contributed by atoms with Crippen molar-refractivity contribution in [3.63, 3.8) is 0 Å². The normalized spacial score (nSPS) is 28.0. The minimum Gasteiger partial charge on any atom is -0.270 e. The molecule has 0 spiro atoms. The predicted molar refractivity (Wildman–Crippen MR) is 31.8 cm³/mol. The molecule has 1 rings (SSSR count). The summed E-state index contributed by atoms with van der Waals surface area (Å²) in [6, 6.07) is 0. The Morgan fingerprint density at radius 1 is 1.00 bits per heavy atom. The van der Waals surface area contributed by atoms with Gasteiger partial charge in [0.1, 0.15) is 0 Å². The molecule has 2 N–H and O–H groups in total. The first-order valence-electron chi connectivity index (χ1n) is 2.49. The van der Waals surface area contributed by atoms with Gasteiger partial charge in [-0.1, -0.05) is 9.62 Å². The van der Waals surface area contributed by atoms with Crippen LogP contribution in [0.3, 0.4) is 0 Å². The molecular formula is C4H10N2S. The Labute approximate surface area is 44.3 Å². The van der Waals surface area contributed by atoms with Crippen LogP contribution >= 0.6 is 0 Å². The average molecular weight is 118 g/mol. The van der Waals surface area contributed by atoms with Gasteiger partial charge in [-0.25, -0.2) is 0 Å². The lowest BCUT2D eigenvalue weighted by Crippen LogP contribution is -1.93. The van der Waals surface area contributed by atoms with Crippen molar-refractivity contribution in [2.75, 3.05) is 11.5 Å². The second-order valence-electron chi connectivity index (χ2n) is 2.00. The smallest absolute Gasteiger partial charge is 0.0130 e. The van der Waals surface area contributed by atoms with Crippen LogP contribution in [0.15, 0.2) is 0 Å². The molecule has 0 amide bonds. The molecule has 1 saturated heterocycles. The van der Waals surface area contributed by atoms with Gasteiger partial charge in [-0.05, 0) is 12.8 Å². The predicted octanol–water partition coefficient (Wildman–Crippen LogP) is 1.46. The van der Waals surface area contributed by atoms with Gasteiger partial charge in [0.05, 0.1) is 0 Å².